The number of imidazole rings is 1. The van der Waals surface area contributed by atoms with Crippen LogP contribution < -0.4 is 16.2 Å². The molecule has 128 valence electrons. The first-order chi connectivity index (χ1) is 11.7. The third-order valence-corrected chi connectivity index (χ3v) is 5.10. The van der Waals surface area contributed by atoms with Gasteiger partial charge in [-0.1, -0.05) is 12.1 Å². The Kier molecular flexibility index (Phi) is 4.22. The molecule has 7 heteroatoms. The van der Waals surface area contributed by atoms with Gasteiger partial charge in [0.05, 0.1) is 11.0 Å². The molecule has 4 N–H and O–H groups in total. The number of hydrogen-bond acceptors (Lipinski definition) is 5. The lowest BCUT2D eigenvalue weighted by Crippen LogP contribution is -2.49. The molecule has 3 heterocycles. The van der Waals surface area contributed by atoms with Crippen LogP contribution in [0.3, 0.4) is 0 Å². The zero-order valence-corrected chi connectivity index (χ0v) is 13.9. The molecule has 2 aliphatic heterocycles. The van der Waals surface area contributed by atoms with E-state index in [2.05, 4.69) is 38.1 Å². The van der Waals surface area contributed by atoms with E-state index >= 15 is 0 Å². The second-order valence-corrected chi connectivity index (χ2v) is 6.83. The SMILES string of the molecule is CN1CCC2NNC(C(=O)NCCc3nc4ccccc4[nH]3)C2C1. The summed E-state index contributed by atoms with van der Waals surface area (Å²) in [5.41, 5.74) is 8.46. The molecule has 2 aliphatic rings. The maximum atomic E-state index is 12.5. The van der Waals surface area contributed by atoms with Crippen molar-refractivity contribution in [2.75, 3.05) is 26.7 Å². The van der Waals surface area contributed by atoms with Crippen molar-refractivity contribution in [3.05, 3.63) is 30.1 Å². The molecule has 3 unspecified atom stereocenters. The van der Waals surface area contributed by atoms with Crippen molar-refractivity contribution in [2.45, 2.75) is 24.9 Å². The lowest BCUT2D eigenvalue weighted by atomic mass is 9.88. The van der Waals surface area contributed by atoms with Crippen LogP contribution in [0, 0.1) is 5.92 Å². The lowest BCUT2D eigenvalue weighted by molar-refractivity contribution is -0.124. The number of carbonyl (C=O) groups excluding carboxylic acids is 1. The zero-order valence-electron chi connectivity index (χ0n) is 13.9. The minimum absolute atomic E-state index is 0.0708. The van der Waals surface area contributed by atoms with E-state index in [1.807, 2.05) is 24.3 Å². The van der Waals surface area contributed by atoms with Crippen LogP contribution in [0.4, 0.5) is 0 Å². The van der Waals surface area contributed by atoms with E-state index in [1.165, 1.54) is 0 Å². The van der Waals surface area contributed by atoms with Crippen LogP contribution in [-0.4, -0.2) is 59.5 Å². The number of amides is 1. The number of hydrogen-bond donors (Lipinski definition) is 4. The quantitative estimate of drug-likeness (QED) is 0.636. The predicted octanol–water partition coefficient (Wildman–Crippen LogP) is 0.0183. The number of aromatic amines is 1. The maximum absolute atomic E-state index is 12.5. The molecule has 1 amide bonds. The first kappa shape index (κ1) is 15.6. The van der Waals surface area contributed by atoms with E-state index in [4.69, 9.17) is 0 Å². The summed E-state index contributed by atoms with van der Waals surface area (Å²) in [4.78, 5) is 22.6. The number of H-pyrrole nitrogens is 1. The number of nitrogens with zero attached hydrogens (tertiary/aromatic N) is 2. The summed E-state index contributed by atoms with van der Waals surface area (Å²) in [6.45, 7) is 2.62. The first-order valence-electron chi connectivity index (χ1n) is 8.61. The highest BCUT2D eigenvalue weighted by Gasteiger charge is 2.42. The fraction of sp³-hybridized carbons (Fsp3) is 0.529. The Morgan fingerprint density at radius 3 is 3.12 bits per heavy atom. The van der Waals surface area contributed by atoms with Gasteiger partial charge in [-0.05, 0) is 32.1 Å². The third kappa shape index (κ3) is 3.02. The van der Waals surface area contributed by atoms with E-state index < -0.39 is 0 Å². The Hall–Kier alpha value is -1.96. The van der Waals surface area contributed by atoms with Crippen LogP contribution in [0.2, 0.25) is 0 Å². The molecular weight excluding hydrogens is 304 g/mol. The van der Waals surface area contributed by atoms with Gasteiger partial charge in [-0.3, -0.25) is 10.2 Å². The van der Waals surface area contributed by atoms with E-state index in [0.29, 0.717) is 24.9 Å². The van der Waals surface area contributed by atoms with Gasteiger partial charge in [-0.25, -0.2) is 10.4 Å². The summed E-state index contributed by atoms with van der Waals surface area (Å²) in [5, 5.41) is 3.05. The number of nitrogens with one attached hydrogen (secondary N) is 4. The lowest BCUT2D eigenvalue weighted by Gasteiger charge is -2.33. The predicted molar refractivity (Wildman–Crippen MR) is 92.3 cm³/mol. The van der Waals surface area contributed by atoms with Crippen molar-refractivity contribution >= 4 is 16.9 Å². The van der Waals surface area contributed by atoms with Crippen LogP contribution in [0.5, 0.6) is 0 Å². The molecule has 24 heavy (non-hydrogen) atoms. The Morgan fingerprint density at radius 1 is 1.38 bits per heavy atom. The molecule has 7 nitrogen and oxygen atoms in total. The van der Waals surface area contributed by atoms with Crippen molar-refractivity contribution < 1.29 is 4.79 Å². The molecule has 3 atom stereocenters. The van der Waals surface area contributed by atoms with Crippen molar-refractivity contribution in [3.8, 4) is 0 Å². The van der Waals surface area contributed by atoms with E-state index in [0.717, 1.165) is 36.4 Å². The van der Waals surface area contributed by atoms with Gasteiger partial charge in [0, 0.05) is 31.5 Å². The number of hydrazine groups is 1. The van der Waals surface area contributed by atoms with Crippen LogP contribution >= 0.6 is 0 Å². The van der Waals surface area contributed by atoms with Crippen LogP contribution in [-0.2, 0) is 11.2 Å². The number of piperidine rings is 1. The number of aromatic nitrogens is 2. The summed E-state index contributed by atoms with van der Waals surface area (Å²) in [7, 11) is 2.12. The topological polar surface area (TPSA) is 85.1 Å². The van der Waals surface area contributed by atoms with Gasteiger partial charge in [0.1, 0.15) is 11.9 Å². The van der Waals surface area contributed by atoms with Gasteiger partial charge in [0.15, 0.2) is 0 Å². The van der Waals surface area contributed by atoms with Gasteiger partial charge in [0.25, 0.3) is 0 Å². The van der Waals surface area contributed by atoms with E-state index in [9.17, 15) is 4.79 Å². The van der Waals surface area contributed by atoms with Gasteiger partial charge in [0.2, 0.25) is 5.91 Å². The van der Waals surface area contributed by atoms with Crippen molar-refractivity contribution in [2.24, 2.45) is 5.92 Å². The van der Waals surface area contributed by atoms with Crippen LogP contribution in [0.25, 0.3) is 11.0 Å². The summed E-state index contributed by atoms with van der Waals surface area (Å²) >= 11 is 0. The third-order valence-electron chi connectivity index (χ3n) is 5.10. The monoisotopic (exact) mass is 328 g/mol. The minimum Gasteiger partial charge on any atom is -0.354 e. The van der Waals surface area contributed by atoms with Gasteiger partial charge < -0.3 is 15.2 Å². The molecule has 0 spiro atoms. The number of carbonyl (C=O) groups is 1. The second-order valence-electron chi connectivity index (χ2n) is 6.83. The van der Waals surface area contributed by atoms with Gasteiger partial charge in [-0.2, -0.15) is 0 Å². The Bertz CT molecular complexity index is 696. The maximum Gasteiger partial charge on any atom is 0.238 e. The van der Waals surface area contributed by atoms with Gasteiger partial charge in [-0.15, -0.1) is 0 Å². The molecule has 0 saturated carbocycles. The highest BCUT2D eigenvalue weighted by atomic mass is 16.2. The fourth-order valence-electron chi connectivity index (χ4n) is 3.77. The summed E-state index contributed by atoms with van der Waals surface area (Å²) in [6.07, 6.45) is 1.78. The zero-order chi connectivity index (χ0) is 16.5. The normalized spacial score (nSPS) is 27.3. The minimum atomic E-state index is -0.159. The summed E-state index contributed by atoms with van der Waals surface area (Å²) in [5.74, 6) is 1.31. The number of fused-ring (bicyclic) bond motifs is 2. The second kappa shape index (κ2) is 6.51. The molecule has 1 aromatic carbocycles. The molecule has 0 aliphatic carbocycles. The van der Waals surface area contributed by atoms with Crippen molar-refractivity contribution in [3.63, 3.8) is 0 Å². The van der Waals surface area contributed by atoms with Crippen molar-refractivity contribution in [1.82, 2.24) is 31.0 Å². The Labute approximate surface area is 141 Å². The van der Waals surface area contributed by atoms with Crippen LogP contribution in [0.1, 0.15) is 12.2 Å². The molecule has 0 radical (unpaired) electrons. The molecule has 2 saturated heterocycles. The largest absolute Gasteiger partial charge is 0.354 e. The number of benzene rings is 1. The average molecular weight is 328 g/mol. The van der Waals surface area contributed by atoms with Crippen molar-refractivity contribution in [1.29, 1.82) is 0 Å². The molecule has 2 fully saturated rings. The highest BCUT2D eigenvalue weighted by molar-refractivity contribution is 5.82. The number of likely N-dealkylation sites (tertiary alicyclic amines) is 1. The molecule has 2 aromatic rings. The number of rotatable bonds is 4. The average Bonchev–Trinajstić information content (AvgIpc) is 3.17. The summed E-state index contributed by atoms with van der Waals surface area (Å²) in [6, 6.07) is 8.20. The molecule has 1 aromatic heterocycles. The summed E-state index contributed by atoms with van der Waals surface area (Å²) < 4.78 is 0. The first-order valence-corrected chi connectivity index (χ1v) is 8.61. The fourth-order valence-corrected chi connectivity index (χ4v) is 3.77. The molecule has 4 rings (SSSR count). The molecule has 0 bridgehead atoms. The highest BCUT2D eigenvalue weighted by Crippen LogP contribution is 2.23. The Balaban J connectivity index is 1.31. The van der Waals surface area contributed by atoms with Crippen LogP contribution in [0.15, 0.2) is 24.3 Å². The smallest absolute Gasteiger partial charge is 0.238 e. The van der Waals surface area contributed by atoms with Gasteiger partial charge >= 0.3 is 0 Å². The standard InChI is InChI=1S/C17H24N6O/c1-23-9-7-12-11(10-23)16(22-21-12)17(24)18-8-6-15-19-13-4-2-3-5-14(13)20-15/h2-5,11-12,16,21-22H,6-10H2,1H3,(H,18,24)(H,19,20). The van der Waals surface area contributed by atoms with E-state index in [-0.39, 0.29) is 11.9 Å². The molecular formula is C17H24N6O. The van der Waals surface area contributed by atoms with E-state index in [1.54, 1.807) is 0 Å². The Morgan fingerprint density at radius 2 is 2.25 bits per heavy atom. The number of para-hydroxylation sites is 2.